The van der Waals surface area contributed by atoms with Crippen molar-refractivity contribution in [3.05, 3.63) is 58.4 Å². The summed E-state index contributed by atoms with van der Waals surface area (Å²) >= 11 is 5.87. The lowest BCUT2D eigenvalue weighted by Crippen LogP contribution is -2.15. The molecule has 114 valence electrons. The third kappa shape index (κ3) is 4.20. The van der Waals surface area contributed by atoms with E-state index in [1.165, 1.54) is 6.20 Å². The molecule has 0 saturated heterocycles. The Labute approximate surface area is 132 Å². The number of primary amides is 2. The quantitative estimate of drug-likeness (QED) is 0.700. The van der Waals surface area contributed by atoms with E-state index < -0.39 is 11.8 Å². The van der Waals surface area contributed by atoms with Crippen molar-refractivity contribution in [2.24, 2.45) is 11.5 Å². The molecule has 0 aliphatic carbocycles. The molecule has 0 spiro atoms. The highest BCUT2D eigenvalue weighted by atomic mass is 35.5. The van der Waals surface area contributed by atoms with E-state index in [4.69, 9.17) is 23.1 Å². The highest BCUT2D eigenvalue weighted by Crippen LogP contribution is 2.20. The molecule has 5 N–H and O–H groups in total. The first kappa shape index (κ1) is 15.8. The number of aromatic nitrogens is 1. The van der Waals surface area contributed by atoms with Gasteiger partial charge in [0.25, 0.3) is 0 Å². The molecule has 1 aromatic heterocycles. The average Bonchev–Trinajstić information content (AvgIpc) is 2.47. The Hall–Kier alpha value is -2.60. The molecule has 22 heavy (non-hydrogen) atoms. The lowest BCUT2D eigenvalue weighted by Gasteiger charge is -2.11. The van der Waals surface area contributed by atoms with E-state index in [9.17, 15) is 9.59 Å². The van der Waals surface area contributed by atoms with Crippen molar-refractivity contribution in [3.8, 4) is 0 Å². The van der Waals surface area contributed by atoms with Gasteiger partial charge in [-0.3, -0.25) is 9.59 Å². The van der Waals surface area contributed by atoms with Crippen LogP contribution >= 0.6 is 11.6 Å². The highest BCUT2D eigenvalue weighted by Gasteiger charge is 2.08. The average molecular weight is 319 g/mol. The van der Waals surface area contributed by atoms with Crippen molar-refractivity contribution in [3.63, 3.8) is 0 Å². The van der Waals surface area contributed by atoms with Crippen LogP contribution < -0.4 is 16.8 Å². The number of nitrogens with one attached hydrogen (secondary N) is 1. The van der Waals surface area contributed by atoms with Crippen LogP contribution in [0.2, 0.25) is 5.15 Å². The summed E-state index contributed by atoms with van der Waals surface area (Å²) in [5.41, 5.74) is 13.1. The summed E-state index contributed by atoms with van der Waals surface area (Å²) in [5, 5.41) is 3.46. The summed E-state index contributed by atoms with van der Waals surface area (Å²) in [7, 11) is 0. The Morgan fingerprint density at radius 2 is 2.00 bits per heavy atom. The van der Waals surface area contributed by atoms with E-state index >= 15 is 0 Å². The van der Waals surface area contributed by atoms with Crippen molar-refractivity contribution in [1.29, 1.82) is 0 Å². The van der Waals surface area contributed by atoms with Gasteiger partial charge in [0.2, 0.25) is 11.8 Å². The van der Waals surface area contributed by atoms with Gasteiger partial charge in [0.05, 0.1) is 6.42 Å². The Kier molecular flexibility index (Phi) is 4.95. The zero-order chi connectivity index (χ0) is 16.1. The molecule has 0 aliphatic heterocycles. The second-order valence-corrected chi connectivity index (χ2v) is 5.11. The maximum atomic E-state index is 11.2. The van der Waals surface area contributed by atoms with Gasteiger partial charge in [0.1, 0.15) is 5.15 Å². The highest BCUT2D eigenvalue weighted by molar-refractivity contribution is 6.29. The number of rotatable bonds is 6. The fourth-order valence-electron chi connectivity index (χ4n) is 1.98. The van der Waals surface area contributed by atoms with Gasteiger partial charge in [-0.15, -0.1) is 0 Å². The number of hydrogen-bond acceptors (Lipinski definition) is 4. The van der Waals surface area contributed by atoms with Gasteiger partial charge in [-0.25, -0.2) is 4.98 Å². The molecule has 1 heterocycles. The molecule has 2 amide bonds. The van der Waals surface area contributed by atoms with Gasteiger partial charge in [-0.2, -0.15) is 0 Å². The van der Waals surface area contributed by atoms with E-state index in [0.717, 1.165) is 5.56 Å². The van der Waals surface area contributed by atoms with E-state index in [2.05, 4.69) is 10.3 Å². The number of nitrogens with zero attached hydrogens (tertiary/aromatic N) is 1. The molecule has 0 bridgehead atoms. The largest absolute Gasteiger partial charge is 0.381 e. The lowest BCUT2D eigenvalue weighted by atomic mass is 10.1. The number of pyridine rings is 1. The second-order valence-electron chi connectivity index (χ2n) is 4.73. The molecule has 0 saturated carbocycles. The Balaban J connectivity index is 2.17. The number of halogens is 1. The number of carbonyl (C=O) groups excluding carboxylic acids is 2. The summed E-state index contributed by atoms with van der Waals surface area (Å²) in [6, 6.07) is 8.58. The maximum Gasteiger partial charge on any atom is 0.248 e. The van der Waals surface area contributed by atoms with Crippen LogP contribution in [0.3, 0.4) is 0 Å². The molecular weight excluding hydrogens is 304 g/mol. The van der Waals surface area contributed by atoms with Crippen molar-refractivity contribution in [1.82, 2.24) is 4.98 Å². The first-order valence-corrected chi connectivity index (χ1v) is 6.89. The van der Waals surface area contributed by atoms with Crippen LogP contribution in [0.5, 0.6) is 0 Å². The SMILES string of the molecule is NC(=O)Cc1cnc(Cl)cc1NCc1cccc(C(N)=O)c1. The minimum absolute atomic E-state index is 0.0633. The third-order valence-corrected chi connectivity index (χ3v) is 3.22. The maximum absolute atomic E-state index is 11.2. The van der Waals surface area contributed by atoms with Crippen LogP contribution in [0.25, 0.3) is 0 Å². The molecule has 0 radical (unpaired) electrons. The van der Waals surface area contributed by atoms with E-state index in [1.807, 2.05) is 6.07 Å². The first-order valence-electron chi connectivity index (χ1n) is 6.51. The number of amides is 2. The summed E-state index contributed by atoms with van der Waals surface area (Å²) in [5.74, 6) is -0.939. The molecule has 6 nitrogen and oxygen atoms in total. The Morgan fingerprint density at radius 1 is 1.23 bits per heavy atom. The third-order valence-electron chi connectivity index (χ3n) is 3.01. The predicted molar refractivity (Wildman–Crippen MR) is 84.4 cm³/mol. The first-order chi connectivity index (χ1) is 10.5. The lowest BCUT2D eigenvalue weighted by molar-refractivity contribution is -0.117. The molecule has 0 fully saturated rings. The number of hydrogen-bond donors (Lipinski definition) is 3. The van der Waals surface area contributed by atoms with Gasteiger partial charge in [-0.05, 0) is 23.8 Å². The summed E-state index contributed by atoms with van der Waals surface area (Å²) in [4.78, 5) is 26.2. The number of anilines is 1. The topological polar surface area (TPSA) is 111 Å². The van der Waals surface area contributed by atoms with Crippen molar-refractivity contribution in [2.45, 2.75) is 13.0 Å². The van der Waals surface area contributed by atoms with Crippen LogP contribution in [0.15, 0.2) is 36.5 Å². The molecule has 0 atom stereocenters. The van der Waals surface area contributed by atoms with Gasteiger partial charge < -0.3 is 16.8 Å². The number of nitrogens with two attached hydrogens (primary N) is 2. The van der Waals surface area contributed by atoms with Gasteiger partial charge in [-0.1, -0.05) is 23.7 Å². The van der Waals surface area contributed by atoms with Gasteiger partial charge in [0, 0.05) is 29.6 Å². The summed E-state index contributed by atoms with van der Waals surface area (Å²) < 4.78 is 0. The van der Waals surface area contributed by atoms with E-state index in [0.29, 0.717) is 28.5 Å². The van der Waals surface area contributed by atoms with Crippen LogP contribution in [0.4, 0.5) is 5.69 Å². The zero-order valence-corrected chi connectivity index (χ0v) is 12.4. The summed E-state index contributed by atoms with van der Waals surface area (Å²) in [6.45, 7) is 0.438. The molecule has 1 aromatic carbocycles. The van der Waals surface area contributed by atoms with Gasteiger partial charge in [0.15, 0.2) is 0 Å². The molecule has 0 aliphatic rings. The minimum atomic E-state index is -0.483. The molecule has 7 heteroatoms. The van der Waals surface area contributed by atoms with Crippen molar-refractivity contribution < 1.29 is 9.59 Å². The second kappa shape index (κ2) is 6.91. The van der Waals surface area contributed by atoms with E-state index in [1.54, 1.807) is 24.3 Å². The van der Waals surface area contributed by atoms with E-state index in [-0.39, 0.29) is 6.42 Å². The number of carbonyl (C=O) groups is 2. The zero-order valence-electron chi connectivity index (χ0n) is 11.7. The summed E-state index contributed by atoms with van der Waals surface area (Å²) in [6.07, 6.45) is 1.57. The van der Waals surface area contributed by atoms with Crippen molar-refractivity contribution in [2.75, 3.05) is 5.32 Å². The smallest absolute Gasteiger partial charge is 0.248 e. The van der Waals surface area contributed by atoms with Crippen LogP contribution in [-0.2, 0) is 17.8 Å². The van der Waals surface area contributed by atoms with Gasteiger partial charge >= 0.3 is 0 Å². The van der Waals surface area contributed by atoms with Crippen molar-refractivity contribution >= 4 is 29.1 Å². The monoisotopic (exact) mass is 318 g/mol. The Morgan fingerprint density at radius 3 is 2.68 bits per heavy atom. The Bertz CT molecular complexity index is 718. The van der Waals surface area contributed by atoms with Crippen LogP contribution in [-0.4, -0.2) is 16.8 Å². The standard InChI is InChI=1S/C15H15ClN4O2/c16-13-6-12(11(8-20-13)5-14(17)21)19-7-9-2-1-3-10(4-9)15(18)22/h1-4,6,8H,5,7H2,(H2,17,21)(H2,18,22)(H,19,20). The normalized spacial score (nSPS) is 10.2. The number of benzene rings is 1. The fourth-order valence-corrected chi connectivity index (χ4v) is 2.14. The predicted octanol–water partition coefficient (Wildman–Crippen LogP) is 1.47. The molecular formula is C15H15ClN4O2. The minimum Gasteiger partial charge on any atom is -0.381 e. The fraction of sp³-hybridized carbons (Fsp3) is 0.133. The molecule has 2 rings (SSSR count). The van der Waals surface area contributed by atoms with Crippen LogP contribution in [0, 0.1) is 0 Å². The molecule has 0 unspecified atom stereocenters. The van der Waals surface area contributed by atoms with Crippen LogP contribution in [0.1, 0.15) is 21.5 Å². The molecule has 2 aromatic rings.